The van der Waals surface area contributed by atoms with Gasteiger partial charge in [0.15, 0.2) is 11.7 Å². The summed E-state index contributed by atoms with van der Waals surface area (Å²) < 4.78 is 0. The average Bonchev–Trinajstić information content (AvgIpc) is 3.45. The maximum Gasteiger partial charge on any atom is 0.162 e. The van der Waals surface area contributed by atoms with Gasteiger partial charge in [-0.1, -0.05) is 99.8 Å². The molecule has 45 heavy (non-hydrogen) atoms. The summed E-state index contributed by atoms with van der Waals surface area (Å²) in [6.07, 6.45) is 9.14. The van der Waals surface area contributed by atoms with Crippen molar-refractivity contribution in [3.8, 4) is 0 Å². The molecular weight excluding hydrogens is 554 g/mol. The predicted octanol–water partition coefficient (Wildman–Crippen LogP) is 7.41. The van der Waals surface area contributed by atoms with Crippen LogP contribution in [0.3, 0.4) is 0 Å². The molecule has 4 atom stereocenters. The van der Waals surface area contributed by atoms with E-state index < -0.39 is 0 Å². The summed E-state index contributed by atoms with van der Waals surface area (Å²) in [4.78, 5) is 16.3. The van der Waals surface area contributed by atoms with E-state index in [1.807, 2.05) is 24.4 Å². The van der Waals surface area contributed by atoms with Crippen molar-refractivity contribution in [2.24, 2.45) is 10.5 Å². The van der Waals surface area contributed by atoms with E-state index in [4.69, 9.17) is 10.1 Å². The zero-order valence-electron chi connectivity index (χ0n) is 25.6. The van der Waals surface area contributed by atoms with Crippen molar-refractivity contribution in [3.63, 3.8) is 0 Å². The third kappa shape index (κ3) is 2.98. The van der Waals surface area contributed by atoms with Gasteiger partial charge in [-0.25, -0.2) is 15.0 Å². The fraction of sp³-hybridized carbons (Fsp3) is 0.184. The van der Waals surface area contributed by atoms with E-state index in [0.29, 0.717) is 0 Å². The Morgan fingerprint density at radius 1 is 0.867 bits per heavy atom. The highest BCUT2D eigenvalue weighted by atomic mass is 15.6. The number of para-hydroxylation sites is 3. The number of rotatable bonds is 4. The Kier molecular flexibility index (Phi) is 5.10. The number of benzene rings is 3. The second kappa shape index (κ2) is 8.82. The van der Waals surface area contributed by atoms with Gasteiger partial charge >= 0.3 is 0 Å². The van der Waals surface area contributed by atoms with Gasteiger partial charge in [0.25, 0.3) is 0 Å². The number of aromatic nitrogens is 2. The first-order chi connectivity index (χ1) is 22.0. The van der Waals surface area contributed by atoms with Gasteiger partial charge in [-0.15, -0.1) is 0 Å². The summed E-state index contributed by atoms with van der Waals surface area (Å²) in [5, 5.41) is 7.65. The van der Waals surface area contributed by atoms with Crippen LogP contribution in [0.5, 0.6) is 0 Å². The zero-order valence-corrected chi connectivity index (χ0v) is 25.6. The van der Waals surface area contributed by atoms with Gasteiger partial charge in [0, 0.05) is 40.3 Å². The van der Waals surface area contributed by atoms with Crippen LogP contribution in [-0.2, 0) is 5.41 Å². The maximum absolute atomic E-state index is 5.40. The lowest BCUT2D eigenvalue weighted by Gasteiger charge is -2.42. The molecule has 0 amide bonds. The number of hydrazone groups is 1. The van der Waals surface area contributed by atoms with Crippen molar-refractivity contribution in [3.05, 3.63) is 145 Å². The molecule has 5 aliphatic rings. The molecule has 220 valence electrons. The Labute approximate surface area is 263 Å². The third-order valence-corrected chi connectivity index (χ3v) is 10.8. The van der Waals surface area contributed by atoms with Crippen molar-refractivity contribution in [1.29, 1.82) is 0 Å². The molecular formula is C38H33N7. The van der Waals surface area contributed by atoms with Gasteiger partial charge in [0.05, 0.1) is 17.6 Å². The molecule has 5 heterocycles. The van der Waals surface area contributed by atoms with Crippen LogP contribution in [0, 0.1) is 5.41 Å². The van der Waals surface area contributed by atoms with Crippen LogP contribution in [0.25, 0.3) is 5.57 Å². The molecule has 4 aromatic rings. The number of anilines is 5. The number of hydrogen-bond donors (Lipinski definition) is 0. The van der Waals surface area contributed by atoms with Gasteiger partial charge in [-0.05, 0) is 35.4 Å². The van der Waals surface area contributed by atoms with Crippen molar-refractivity contribution in [1.82, 2.24) is 9.97 Å². The highest BCUT2D eigenvalue weighted by molar-refractivity contribution is 6.15. The Bertz CT molecular complexity index is 2040. The lowest BCUT2D eigenvalue weighted by Crippen LogP contribution is -2.52. The number of amidine groups is 1. The van der Waals surface area contributed by atoms with E-state index in [2.05, 4.69) is 138 Å². The Balaban J connectivity index is 1.34. The summed E-state index contributed by atoms with van der Waals surface area (Å²) in [6, 6.07) is 28.2. The molecule has 0 N–H and O–H groups in total. The number of allylic oxidation sites excluding steroid dienone is 2. The van der Waals surface area contributed by atoms with Gasteiger partial charge in [-0.3, -0.25) is 4.90 Å². The fourth-order valence-corrected chi connectivity index (χ4v) is 8.74. The summed E-state index contributed by atoms with van der Waals surface area (Å²) in [7, 11) is 2.17. The van der Waals surface area contributed by atoms with Gasteiger partial charge in [0.2, 0.25) is 0 Å². The van der Waals surface area contributed by atoms with E-state index >= 15 is 0 Å². The molecule has 0 bridgehead atoms. The van der Waals surface area contributed by atoms with Crippen LogP contribution in [0.1, 0.15) is 25.0 Å². The second-order valence-corrected chi connectivity index (χ2v) is 12.6. The van der Waals surface area contributed by atoms with Gasteiger partial charge in [-0.2, -0.15) is 5.10 Å². The normalized spacial score (nSPS) is 28.5. The van der Waals surface area contributed by atoms with Crippen molar-refractivity contribution < 1.29 is 0 Å². The topological polar surface area (TPSA) is 51.1 Å². The monoisotopic (exact) mass is 587 g/mol. The molecule has 0 radical (unpaired) electrons. The van der Waals surface area contributed by atoms with Gasteiger partial charge < -0.3 is 9.80 Å². The third-order valence-electron chi connectivity index (χ3n) is 10.8. The van der Waals surface area contributed by atoms with E-state index in [1.54, 1.807) is 6.33 Å². The molecule has 1 aromatic heterocycles. The second-order valence-electron chi connectivity index (χ2n) is 12.6. The zero-order chi connectivity index (χ0) is 30.7. The first-order valence-electron chi connectivity index (χ1n) is 15.4. The summed E-state index contributed by atoms with van der Waals surface area (Å²) in [5.41, 5.74) is 10.2. The van der Waals surface area contributed by atoms with Crippen LogP contribution in [0.4, 0.5) is 28.6 Å². The molecule has 0 spiro atoms. The highest BCUT2D eigenvalue weighted by Gasteiger charge is 2.79. The van der Waals surface area contributed by atoms with E-state index in [1.165, 1.54) is 28.0 Å². The summed E-state index contributed by atoms with van der Waals surface area (Å²) >= 11 is 0. The lowest BCUT2D eigenvalue weighted by atomic mass is 9.81. The highest BCUT2D eigenvalue weighted by Crippen LogP contribution is 2.79. The molecule has 4 unspecified atom stereocenters. The number of hydrogen-bond acceptors (Lipinski definition) is 7. The minimum absolute atomic E-state index is 0.0275. The Morgan fingerprint density at radius 3 is 2.38 bits per heavy atom. The smallest absolute Gasteiger partial charge is 0.162 e. The number of fused-ring (bicyclic) bond motifs is 11. The Hall–Kier alpha value is -5.43. The molecule has 1 fully saturated rings. The summed E-state index contributed by atoms with van der Waals surface area (Å²) in [5.74, 6) is 1.82. The molecule has 7 nitrogen and oxygen atoms in total. The van der Waals surface area contributed by atoms with Gasteiger partial charge in [0.1, 0.15) is 24.3 Å². The predicted molar refractivity (Wildman–Crippen MR) is 183 cm³/mol. The average molecular weight is 588 g/mol. The largest absolute Gasteiger partial charge is 0.346 e. The van der Waals surface area contributed by atoms with E-state index in [9.17, 15) is 0 Å². The van der Waals surface area contributed by atoms with Crippen LogP contribution in [0.2, 0.25) is 0 Å². The minimum Gasteiger partial charge on any atom is -0.346 e. The molecule has 3 aromatic carbocycles. The fourth-order valence-electron chi connectivity index (χ4n) is 8.74. The molecule has 4 aliphatic heterocycles. The Morgan fingerprint density at radius 2 is 1.60 bits per heavy atom. The standard InChI is InChI=1S/C38H33N7/c1-6-15-24(7-2)33-41-45-29-21-14-12-19-27(29)37(3)32(38(37,4)36(45)43(33)25-16-9-8-10-17-25)31-26-18-11-13-20-28(26)44-34-30(22-39-23-40-34)42(5)35(31)44/h6-23,35-36H,1-2H2,3-5H3/b24-15+,32-31-. The van der Waals surface area contributed by atoms with Crippen LogP contribution in [0.15, 0.2) is 139 Å². The lowest BCUT2D eigenvalue weighted by molar-refractivity contribution is 0.366. The van der Waals surface area contributed by atoms with Crippen molar-refractivity contribution in [2.75, 3.05) is 26.8 Å². The first kappa shape index (κ1) is 26.0. The minimum atomic E-state index is -0.303. The number of likely N-dealkylation sites (N-methyl/N-ethyl adjacent to an activating group) is 1. The molecule has 0 saturated heterocycles. The molecule has 7 heteroatoms. The molecule has 9 rings (SSSR count). The maximum atomic E-state index is 5.40. The number of nitrogens with zero attached hydrogens (tertiary/aromatic N) is 7. The van der Waals surface area contributed by atoms with Crippen molar-refractivity contribution in [2.45, 2.75) is 31.6 Å². The summed E-state index contributed by atoms with van der Waals surface area (Å²) in [6.45, 7) is 13.0. The molecule has 1 aliphatic carbocycles. The van der Waals surface area contributed by atoms with E-state index in [0.717, 1.165) is 34.3 Å². The van der Waals surface area contributed by atoms with Crippen LogP contribution >= 0.6 is 0 Å². The van der Waals surface area contributed by atoms with Crippen LogP contribution in [-0.4, -0.2) is 35.2 Å². The SMILES string of the molecule is C=C/C=C(\C=C)C1=NN2c3ccccc3C3(C)/C(=C4\c5ccccc5N5c6ncncc6N(C)C45)C3(C)C2N1c1ccccc1. The van der Waals surface area contributed by atoms with Crippen molar-refractivity contribution >= 4 is 40.0 Å². The molecule has 1 saturated carbocycles. The first-order valence-corrected chi connectivity index (χ1v) is 15.4. The van der Waals surface area contributed by atoms with E-state index in [-0.39, 0.29) is 23.2 Å². The quantitative estimate of drug-likeness (QED) is 0.232. The van der Waals surface area contributed by atoms with Crippen LogP contribution < -0.4 is 19.7 Å².